The molecule has 0 aromatic carbocycles. The van der Waals surface area contributed by atoms with E-state index in [-0.39, 0.29) is 17.1 Å². The minimum absolute atomic E-state index is 0.148. The number of hydrogen-bond acceptors (Lipinski definition) is 4. The van der Waals surface area contributed by atoms with E-state index in [0.29, 0.717) is 17.3 Å². The fraction of sp³-hybridized carbons (Fsp3) is 0.455. The topological polar surface area (TPSA) is 80.0 Å². The quantitative estimate of drug-likeness (QED) is 0.433. The van der Waals surface area contributed by atoms with E-state index in [1.165, 1.54) is 18.9 Å². The maximum atomic E-state index is 11.9. The van der Waals surface area contributed by atoms with Crippen molar-refractivity contribution in [2.45, 2.75) is 25.8 Å². The molecule has 0 radical (unpaired) electrons. The Morgan fingerprint density at radius 2 is 2.29 bits per heavy atom. The molecule has 2 rings (SSSR count). The molecule has 4 N–H and O–H groups in total. The molecule has 92 valence electrons. The van der Waals surface area contributed by atoms with Crippen molar-refractivity contribution in [1.82, 2.24) is 10.3 Å². The van der Waals surface area contributed by atoms with E-state index in [9.17, 15) is 4.79 Å². The third kappa shape index (κ3) is 3.08. The largest absolute Gasteiger partial charge is 0.349 e. The third-order valence-corrected chi connectivity index (χ3v) is 3.09. The molecule has 1 fully saturated rings. The molecule has 1 atom stereocenters. The summed E-state index contributed by atoms with van der Waals surface area (Å²) in [6.07, 6.45) is 2.38. The number of nitrogens with one attached hydrogen (secondary N) is 2. The lowest BCUT2D eigenvalue weighted by atomic mass is 10.2. The van der Waals surface area contributed by atoms with Crippen molar-refractivity contribution in [2.75, 3.05) is 5.43 Å². The maximum absolute atomic E-state index is 11.9. The van der Waals surface area contributed by atoms with Crippen LogP contribution in [0.2, 0.25) is 5.15 Å². The summed E-state index contributed by atoms with van der Waals surface area (Å²) in [6, 6.07) is 3.29. The number of pyridine rings is 1. The average Bonchev–Trinajstić information content (AvgIpc) is 3.11. The van der Waals surface area contributed by atoms with E-state index < -0.39 is 0 Å². The Morgan fingerprint density at radius 1 is 1.59 bits per heavy atom. The molecule has 1 unspecified atom stereocenters. The Balaban J connectivity index is 2.09. The van der Waals surface area contributed by atoms with Gasteiger partial charge in [-0.25, -0.2) is 10.8 Å². The number of hydrazine groups is 1. The molecule has 6 heteroatoms. The van der Waals surface area contributed by atoms with E-state index in [1.54, 1.807) is 6.07 Å². The van der Waals surface area contributed by atoms with Crippen LogP contribution in [0.3, 0.4) is 0 Å². The Labute approximate surface area is 105 Å². The number of carbonyl (C=O) groups is 1. The number of carbonyl (C=O) groups excluding carboxylic acids is 1. The number of nitrogens with two attached hydrogens (primary N) is 1. The van der Waals surface area contributed by atoms with Gasteiger partial charge < -0.3 is 10.7 Å². The van der Waals surface area contributed by atoms with Crippen LogP contribution in [-0.2, 0) is 0 Å². The van der Waals surface area contributed by atoms with Crippen LogP contribution in [0.1, 0.15) is 30.1 Å². The van der Waals surface area contributed by atoms with Crippen molar-refractivity contribution in [2.24, 2.45) is 11.8 Å². The highest BCUT2D eigenvalue weighted by molar-refractivity contribution is 6.29. The summed E-state index contributed by atoms with van der Waals surface area (Å²) < 4.78 is 0. The highest BCUT2D eigenvalue weighted by Gasteiger charge is 2.29. The minimum atomic E-state index is -0.148. The fourth-order valence-corrected chi connectivity index (χ4v) is 1.91. The molecule has 1 aromatic rings. The molecular weight excluding hydrogens is 240 g/mol. The van der Waals surface area contributed by atoms with Gasteiger partial charge in [-0.15, -0.1) is 0 Å². The molecule has 1 amide bonds. The van der Waals surface area contributed by atoms with Crippen LogP contribution in [-0.4, -0.2) is 16.9 Å². The molecule has 1 aliphatic rings. The van der Waals surface area contributed by atoms with Gasteiger partial charge in [0.15, 0.2) is 0 Å². The molecule has 0 bridgehead atoms. The second-order valence-electron chi connectivity index (χ2n) is 4.31. The molecule has 5 nitrogen and oxygen atoms in total. The first kappa shape index (κ1) is 12.1. The number of nitrogens with zero attached hydrogens (tertiary/aromatic N) is 1. The van der Waals surface area contributed by atoms with Crippen LogP contribution in [0.4, 0.5) is 5.82 Å². The maximum Gasteiger partial charge on any atom is 0.251 e. The molecule has 1 aromatic heterocycles. The number of amides is 1. The van der Waals surface area contributed by atoms with Crippen molar-refractivity contribution >= 4 is 23.3 Å². The van der Waals surface area contributed by atoms with Crippen LogP contribution in [0.15, 0.2) is 12.1 Å². The van der Waals surface area contributed by atoms with Gasteiger partial charge in [0.25, 0.3) is 5.91 Å². The molecule has 0 saturated heterocycles. The van der Waals surface area contributed by atoms with E-state index in [1.807, 2.05) is 6.92 Å². The number of anilines is 1. The average molecular weight is 255 g/mol. The van der Waals surface area contributed by atoms with E-state index in [0.717, 1.165) is 0 Å². The molecule has 17 heavy (non-hydrogen) atoms. The zero-order valence-corrected chi connectivity index (χ0v) is 10.3. The Hall–Kier alpha value is -1.33. The lowest BCUT2D eigenvalue weighted by Gasteiger charge is -2.13. The van der Waals surface area contributed by atoms with Crippen LogP contribution in [0.5, 0.6) is 0 Å². The van der Waals surface area contributed by atoms with Crippen molar-refractivity contribution < 1.29 is 4.79 Å². The SMILES string of the molecule is CC(NC(=O)c1cc(Cl)nc(NN)c1)C1CC1. The van der Waals surface area contributed by atoms with Crippen LogP contribution < -0.4 is 16.6 Å². The number of hydrogen-bond donors (Lipinski definition) is 3. The Bertz CT molecular complexity index is 433. The van der Waals surface area contributed by atoms with Gasteiger partial charge in [0, 0.05) is 11.6 Å². The highest BCUT2D eigenvalue weighted by atomic mass is 35.5. The van der Waals surface area contributed by atoms with E-state index in [4.69, 9.17) is 17.4 Å². The molecule has 1 saturated carbocycles. The smallest absolute Gasteiger partial charge is 0.251 e. The van der Waals surface area contributed by atoms with Crippen molar-refractivity contribution in [3.8, 4) is 0 Å². The summed E-state index contributed by atoms with van der Waals surface area (Å²) >= 11 is 5.80. The number of aromatic nitrogens is 1. The summed E-state index contributed by atoms with van der Waals surface area (Å²) in [5, 5.41) is 3.18. The molecular formula is C11H15ClN4O. The van der Waals surface area contributed by atoms with Crippen molar-refractivity contribution in [3.63, 3.8) is 0 Å². The fourth-order valence-electron chi connectivity index (χ4n) is 1.71. The first-order chi connectivity index (χ1) is 8.10. The standard InChI is InChI=1S/C11H15ClN4O/c1-6(7-2-3-7)14-11(17)8-4-9(12)15-10(5-8)16-13/h4-7H,2-3,13H2,1H3,(H,14,17)(H,15,16). The predicted octanol–water partition coefficient (Wildman–Crippen LogP) is 1.55. The first-order valence-electron chi connectivity index (χ1n) is 5.55. The summed E-state index contributed by atoms with van der Waals surface area (Å²) in [5.41, 5.74) is 2.84. The second kappa shape index (κ2) is 4.89. The first-order valence-corrected chi connectivity index (χ1v) is 5.93. The van der Waals surface area contributed by atoms with E-state index in [2.05, 4.69) is 15.7 Å². The van der Waals surface area contributed by atoms with E-state index >= 15 is 0 Å². The minimum Gasteiger partial charge on any atom is -0.349 e. The van der Waals surface area contributed by atoms with Gasteiger partial charge in [0.1, 0.15) is 11.0 Å². The number of halogens is 1. The third-order valence-electron chi connectivity index (χ3n) is 2.89. The zero-order chi connectivity index (χ0) is 12.4. The van der Waals surface area contributed by atoms with Gasteiger partial charge in [-0.05, 0) is 37.8 Å². The van der Waals surface area contributed by atoms with Crippen molar-refractivity contribution in [3.05, 3.63) is 22.8 Å². The summed E-state index contributed by atoms with van der Waals surface area (Å²) in [6.45, 7) is 2.01. The molecule has 0 spiro atoms. The summed E-state index contributed by atoms with van der Waals surface area (Å²) in [4.78, 5) is 15.9. The van der Waals surface area contributed by atoms with Crippen LogP contribution in [0.25, 0.3) is 0 Å². The normalized spacial score (nSPS) is 16.4. The summed E-state index contributed by atoms with van der Waals surface area (Å²) in [5.74, 6) is 6.09. The summed E-state index contributed by atoms with van der Waals surface area (Å²) in [7, 11) is 0. The predicted molar refractivity (Wildman–Crippen MR) is 66.7 cm³/mol. The molecule has 0 aliphatic heterocycles. The molecule has 1 heterocycles. The zero-order valence-electron chi connectivity index (χ0n) is 9.53. The van der Waals surface area contributed by atoms with Crippen LogP contribution >= 0.6 is 11.6 Å². The highest BCUT2D eigenvalue weighted by Crippen LogP contribution is 2.32. The van der Waals surface area contributed by atoms with Gasteiger partial charge in [0.05, 0.1) is 0 Å². The monoisotopic (exact) mass is 254 g/mol. The van der Waals surface area contributed by atoms with Gasteiger partial charge in [-0.1, -0.05) is 11.6 Å². The lowest BCUT2D eigenvalue weighted by Crippen LogP contribution is -2.34. The van der Waals surface area contributed by atoms with Gasteiger partial charge in [-0.3, -0.25) is 4.79 Å². The van der Waals surface area contributed by atoms with Gasteiger partial charge >= 0.3 is 0 Å². The van der Waals surface area contributed by atoms with Gasteiger partial charge in [-0.2, -0.15) is 0 Å². The lowest BCUT2D eigenvalue weighted by molar-refractivity contribution is 0.0936. The molecule has 1 aliphatic carbocycles. The van der Waals surface area contributed by atoms with Crippen molar-refractivity contribution in [1.29, 1.82) is 0 Å². The number of rotatable bonds is 4. The Kier molecular flexibility index (Phi) is 3.49. The Morgan fingerprint density at radius 3 is 2.88 bits per heavy atom. The number of nitrogen functional groups attached to an aromatic ring is 1. The second-order valence-corrected chi connectivity index (χ2v) is 4.69. The van der Waals surface area contributed by atoms with Gasteiger partial charge in [0.2, 0.25) is 0 Å². The van der Waals surface area contributed by atoms with Crippen LogP contribution in [0, 0.1) is 5.92 Å².